The molecule has 2 atom stereocenters. The third-order valence-corrected chi connectivity index (χ3v) is 9.62. The highest BCUT2D eigenvalue weighted by Crippen LogP contribution is 2.47. The molecule has 5 heterocycles. The molecule has 0 spiro atoms. The van der Waals surface area contributed by atoms with E-state index in [-0.39, 0.29) is 39.7 Å². The quantitative estimate of drug-likeness (QED) is 0.359. The Balaban J connectivity index is 1.33. The van der Waals surface area contributed by atoms with Crippen molar-refractivity contribution in [2.24, 2.45) is 5.41 Å². The van der Waals surface area contributed by atoms with Crippen molar-refractivity contribution in [3.05, 3.63) is 35.0 Å². The maximum atomic E-state index is 16.5. The number of ether oxygens (including phenoxy) is 2. The van der Waals surface area contributed by atoms with Crippen LogP contribution in [-0.4, -0.2) is 84.0 Å². The summed E-state index contributed by atoms with van der Waals surface area (Å²) in [7, 11) is 0. The van der Waals surface area contributed by atoms with E-state index in [9.17, 15) is 13.2 Å². The first-order valence-electron chi connectivity index (χ1n) is 15.3. The monoisotopic (exact) mass is 633 g/mol. The van der Waals surface area contributed by atoms with Crippen LogP contribution < -0.4 is 20.7 Å². The van der Waals surface area contributed by atoms with Gasteiger partial charge in [0.05, 0.1) is 36.6 Å². The van der Waals surface area contributed by atoms with Crippen molar-refractivity contribution < 1.29 is 31.4 Å². The van der Waals surface area contributed by atoms with Gasteiger partial charge in [-0.1, -0.05) is 0 Å². The van der Waals surface area contributed by atoms with E-state index >= 15 is 8.78 Å². The van der Waals surface area contributed by atoms with Crippen LogP contribution in [0, 0.1) is 24.0 Å². The maximum absolute atomic E-state index is 16.5. The zero-order chi connectivity index (χ0) is 31.7. The number of benzene rings is 1. The summed E-state index contributed by atoms with van der Waals surface area (Å²) in [5, 5.41) is 3.67. The molecule has 4 fully saturated rings. The molecule has 3 aromatic rings. The number of nitrogens with one attached hydrogen (secondary N) is 1. The van der Waals surface area contributed by atoms with Crippen molar-refractivity contribution in [2.45, 2.75) is 57.3 Å². The maximum Gasteiger partial charge on any atom is 0.418 e. The number of halogens is 5. The molecule has 14 heteroatoms. The van der Waals surface area contributed by atoms with Crippen LogP contribution in [0.5, 0.6) is 6.01 Å². The summed E-state index contributed by atoms with van der Waals surface area (Å²) >= 11 is 0. The molecule has 0 radical (unpaired) electrons. The van der Waals surface area contributed by atoms with E-state index < -0.39 is 40.2 Å². The third-order valence-electron chi connectivity index (χ3n) is 9.62. The minimum Gasteiger partial charge on any atom is -0.463 e. The number of morpholine rings is 1. The summed E-state index contributed by atoms with van der Waals surface area (Å²) in [5.74, 6) is -2.42. The van der Waals surface area contributed by atoms with Crippen LogP contribution in [0.2, 0.25) is 0 Å². The van der Waals surface area contributed by atoms with E-state index in [4.69, 9.17) is 15.2 Å². The summed E-state index contributed by atoms with van der Waals surface area (Å²) < 4.78 is 86.6. The highest BCUT2D eigenvalue weighted by atomic mass is 19.4. The summed E-state index contributed by atoms with van der Waals surface area (Å²) in [5.41, 5.74) is 1.78. The highest BCUT2D eigenvalue weighted by molar-refractivity contribution is 5.94. The van der Waals surface area contributed by atoms with E-state index in [1.165, 1.54) is 0 Å². The molecule has 242 valence electrons. The minimum atomic E-state index is -4.94. The molecular formula is C31H36F5N7O2. The number of nitrogens with two attached hydrogens (primary N) is 1. The van der Waals surface area contributed by atoms with Gasteiger partial charge in [0.1, 0.15) is 23.0 Å². The van der Waals surface area contributed by atoms with Crippen LogP contribution in [0.25, 0.3) is 22.0 Å². The first-order valence-corrected chi connectivity index (χ1v) is 15.3. The molecule has 2 bridgehead atoms. The molecular weight excluding hydrogens is 597 g/mol. The lowest BCUT2D eigenvalue weighted by molar-refractivity contribution is -0.137. The summed E-state index contributed by atoms with van der Waals surface area (Å²) in [4.78, 5) is 17.1. The molecule has 2 aromatic heterocycles. The Morgan fingerprint density at radius 2 is 1.87 bits per heavy atom. The number of aromatic nitrogens is 3. The molecule has 1 saturated carbocycles. The lowest BCUT2D eigenvalue weighted by atomic mass is 9.95. The molecule has 4 aliphatic rings. The van der Waals surface area contributed by atoms with Gasteiger partial charge in [0.2, 0.25) is 0 Å². The molecule has 1 aliphatic carbocycles. The van der Waals surface area contributed by atoms with Crippen LogP contribution in [0.4, 0.5) is 33.6 Å². The second kappa shape index (κ2) is 10.9. The number of nitrogens with zero attached hydrogens (tertiary/aromatic N) is 5. The number of piperazine rings is 1. The van der Waals surface area contributed by atoms with Crippen molar-refractivity contribution in [1.82, 2.24) is 25.2 Å². The summed E-state index contributed by atoms with van der Waals surface area (Å²) in [6, 6.07) is 1.93. The Hall–Kier alpha value is -3.36. The molecule has 45 heavy (non-hydrogen) atoms. The normalized spacial score (nSPS) is 24.8. The molecule has 7 rings (SSSR count). The smallest absolute Gasteiger partial charge is 0.418 e. The largest absolute Gasteiger partial charge is 0.463 e. The number of anilines is 2. The van der Waals surface area contributed by atoms with E-state index in [0.29, 0.717) is 38.7 Å². The average molecular weight is 634 g/mol. The summed E-state index contributed by atoms with van der Waals surface area (Å²) in [6.45, 7) is 8.41. The van der Waals surface area contributed by atoms with Gasteiger partial charge in [-0.2, -0.15) is 23.1 Å². The summed E-state index contributed by atoms with van der Waals surface area (Å²) in [6.07, 6.45) is -1.15. The fourth-order valence-corrected chi connectivity index (χ4v) is 7.25. The van der Waals surface area contributed by atoms with Crippen molar-refractivity contribution in [3.8, 4) is 17.1 Å². The van der Waals surface area contributed by atoms with Gasteiger partial charge in [0, 0.05) is 60.7 Å². The Bertz CT molecular complexity index is 1640. The number of pyridine rings is 1. The van der Waals surface area contributed by atoms with Gasteiger partial charge in [0.15, 0.2) is 5.82 Å². The van der Waals surface area contributed by atoms with E-state index in [1.54, 1.807) is 0 Å². The van der Waals surface area contributed by atoms with Crippen molar-refractivity contribution >= 4 is 22.5 Å². The number of alkyl halides is 3. The van der Waals surface area contributed by atoms with Crippen LogP contribution in [0.3, 0.4) is 0 Å². The van der Waals surface area contributed by atoms with E-state index in [0.717, 1.165) is 64.4 Å². The van der Waals surface area contributed by atoms with Gasteiger partial charge in [-0.25, -0.2) is 13.8 Å². The number of nitrogen functional groups attached to an aromatic ring is 1. The third kappa shape index (κ3) is 5.76. The zero-order valence-corrected chi connectivity index (χ0v) is 25.2. The number of aryl methyl sites for hydroxylation is 1. The number of hydrogen-bond donors (Lipinski definition) is 2. The van der Waals surface area contributed by atoms with Gasteiger partial charge < -0.3 is 25.4 Å². The number of rotatable bonds is 7. The lowest BCUT2D eigenvalue weighted by Gasteiger charge is -2.40. The Kier molecular flexibility index (Phi) is 7.32. The van der Waals surface area contributed by atoms with Crippen LogP contribution in [0.1, 0.15) is 43.9 Å². The SMILES string of the molecule is Cc1nc(N)cc(-c2c(F)cc3c(N4C[C@H]5CC[C@@](C)(C4)N5)nc(OCC4(CN5CCOCC5)CC4)nc3c2F)c1C(F)(F)F. The molecule has 3 saturated heterocycles. The molecule has 3 aliphatic heterocycles. The van der Waals surface area contributed by atoms with Crippen LogP contribution in [-0.2, 0) is 10.9 Å². The zero-order valence-electron chi connectivity index (χ0n) is 25.2. The van der Waals surface area contributed by atoms with Crippen molar-refractivity contribution in [3.63, 3.8) is 0 Å². The Morgan fingerprint density at radius 3 is 2.56 bits per heavy atom. The molecule has 1 aromatic carbocycles. The van der Waals surface area contributed by atoms with Gasteiger partial charge in [-0.15, -0.1) is 0 Å². The Morgan fingerprint density at radius 1 is 1.11 bits per heavy atom. The fourth-order valence-electron chi connectivity index (χ4n) is 7.25. The topological polar surface area (TPSA) is 102 Å². The van der Waals surface area contributed by atoms with Crippen molar-refractivity contribution in [1.29, 1.82) is 0 Å². The minimum absolute atomic E-state index is 0.0627. The predicted molar refractivity (Wildman–Crippen MR) is 158 cm³/mol. The van der Waals surface area contributed by atoms with Gasteiger partial charge in [0.25, 0.3) is 0 Å². The second-order valence-corrected chi connectivity index (χ2v) is 13.3. The van der Waals surface area contributed by atoms with E-state index in [2.05, 4.69) is 32.1 Å². The molecule has 3 N–H and O–H groups in total. The standard InChI is InChI=1S/C31H36F5N7O2/c1-17-24(31(34,35)36)19(12-22(37)38-17)23-21(32)11-20-26(25(23)33)39-28(40-27(20)43-13-18-3-4-29(2,14-43)41-18)45-16-30(5-6-30)15-42-7-9-44-10-8-42/h11-12,18,41H,3-10,13-16H2,1-2H3,(H2,37,38)/t18-,29+/m1/s1. The van der Waals surface area contributed by atoms with Gasteiger partial charge in [-0.3, -0.25) is 4.90 Å². The first kappa shape index (κ1) is 30.3. The predicted octanol–water partition coefficient (Wildman–Crippen LogP) is 4.70. The molecule has 9 nitrogen and oxygen atoms in total. The van der Waals surface area contributed by atoms with Gasteiger partial charge >= 0.3 is 12.2 Å². The van der Waals surface area contributed by atoms with E-state index in [1.807, 2.05) is 4.90 Å². The Labute approximate surface area is 257 Å². The lowest BCUT2D eigenvalue weighted by Crippen LogP contribution is -2.58. The van der Waals surface area contributed by atoms with Crippen molar-refractivity contribution in [2.75, 3.05) is 63.2 Å². The fraction of sp³-hybridized carbons (Fsp3) is 0.581. The van der Waals surface area contributed by atoms with Gasteiger partial charge in [-0.05, 0) is 51.7 Å². The van der Waals surface area contributed by atoms with Crippen LogP contribution in [0.15, 0.2) is 12.1 Å². The average Bonchev–Trinajstić information content (AvgIpc) is 3.67. The van der Waals surface area contributed by atoms with Crippen LogP contribution >= 0.6 is 0 Å². The number of fused-ring (bicyclic) bond motifs is 3. The molecule has 0 unspecified atom stereocenters. The molecule has 0 amide bonds. The first-order chi connectivity index (χ1) is 21.3. The highest BCUT2D eigenvalue weighted by Gasteiger charge is 2.46. The second-order valence-electron chi connectivity index (χ2n) is 13.3. The number of hydrogen-bond acceptors (Lipinski definition) is 9.